The molecule has 10 atom stereocenters. The van der Waals surface area contributed by atoms with Crippen molar-refractivity contribution >= 4 is 0 Å². The lowest BCUT2D eigenvalue weighted by Crippen LogP contribution is -2.62. The van der Waals surface area contributed by atoms with Crippen LogP contribution in [-0.4, -0.2) is 28.0 Å². The van der Waals surface area contributed by atoms with Crippen LogP contribution in [0.1, 0.15) is 65.7 Å². The normalized spacial score (nSPS) is 60.9. The number of aliphatic hydroxyl groups excluding tert-OH is 1. The lowest BCUT2D eigenvalue weighted by atomic mass is 9.43. The zero-order chi connectivity index (χ0) is 18.2. The minimum absolute atomic E-state index is 0.136. The number of rotatable bonds is 0. The Morgan fingerprint density at radius 2 is 1.80 bits per heavy atom. The monoisotopic (exact) mass is 345 g/mol. The van der Waals surface area contributed by atoms with E-state index in [1.165, 1.54) is 0 Å². The summed E-state index contributed by atoms with van der Waals surface area (Å²) in [4.78, 5) is 0. The van der Waals surface area contributed by atoms with Crippen LogP contribution in [0.3, 0.4) is 0 Å². The minimum atomic E-state index is -0.997. The maximum Gasteiger partial charge on any atom is 0.133 e. The minimum Gasteiger partial charge on any atom is -0.393 e. The second-order valence-corrected chi connectivity index (χ2v) is 10.3. The SMILES string of the molecule is C#CC1(O)C(C)CC2C3C(N)CC4CC(O)CCC4(C)C3CCC21C. The molecule has 0 radical (unpaired) electrons. The van der Waals surface area contributed by atoms with Gasteiger partial charge in [0.05, 0.1) is 6.10 Å². The summed E-state index contributed by atoms with van der Waals surface area (Å²) in [6.45, 7) is 6.80. The van der Waals surface area contributed by atoms with E-state index in [4.69, 9.17) is 12.2 Å². The van der Waals surface area contributed by atoms with E-state index in [2.05, 4.69) is 26.7 Å². The molecule has 0 aromatic carbocycles. The van der Waals surface area contributed by atoms with Gasteiger partial charge in [-0.2, -0.15) is 0 Å². The van der Waals surface area contributed by atoms with Crippen molar-refractivity contribution in [1.29, 1.82) is 0 Å². The molecule has 4 aliphatic carbocycles. The molecule has 4 aliphatic rings. The van der Waals surface area contributed by atoms with E-state index in [0.717, 1.165) is 44.9 Å². The van der Waals surface area contributed by atoms with Crippen molar-refractivity contribution in [3.63, 3.8) is 0 Å². The predicted molar refractivity (Wildman–Crippen MR) is 99.4 cm³/mol. The number of fused-ring (bicyclic) bond motifs is 5. The average molecular weight is 346 g/mol. The van der Waals surface area contributed by atoms with Gasteiger partial charge < -0.3 is 15.9 Å². The van der Waals surface area contributed by atoms with Gasteiger partial charge in [-0.1, -0.05) is 26.7 Å². The first-order valence-electron chi connectivity index (χ1n) is 10.3. The highest BCUT2D eigenvalue weighted by molar-refractivity contribution is 5.26. The molecular formula is C22H35NO2. The van der Waals surface area contributed by atoms with E-state index < -0.39 is 5.60 Å². The van der Waals surface area contributed by atoms with Gasteiger partial charge in [0.1, 0.15) is 5.60 Å². The third-order valence-electron chi connectivity index (χ3n) is 9.54. The molecule has 25 heavy (non-hydrogen) atoms. The smallest absolute Gasteiger partial charge is 0.133 e. The summed E-state index contributed by atoms with van der Waals surface area (Å²) in [7, 11) is 0. The fraction of sp³-hybridized carbons (Fsp3) is 0.909. The highest BCUT2D eigenvalue weighted by Crippen LogP contribution is 2.68. The van der Waals surface area contributed by atoms with Gasteiger partial charge in [0, 0.05) is 11.5 Å². The lowest BCUT2D eigenvalue weighted by molar-refractivity contribution is -0.153. The average Bonchev–Trinajstić information content (AvgIpc) is 2.77. The zero-order valence-corrected chi connectivity index (χ0v) is 16.0. The number of hydrogen-bond acceptors (Lipinski definition) is 3. The molecule has 10 unspecified atom stereocenters. The predicted octanol–water partition coefficient (Wildman–Crippen LogP) is 2.94. The van der Waals surface area contributed by atoms with Crippen molar-refractivity contribution in [1.82, 2.24) is 0 Å². The molecule has 0 heterocycles. The summed E-state index contributed by atoms with van der Waals surface area (Å²) in [5.74, 6) is 4.96. The topological polar surface area (TPSA) is 66.5 Å². The second kappa shape index (κ2) is 5.47. The molecule has 0 aliphatic heterocycles. The van der Waals surface area contributed by atoms with Crippen molar-refractivity contribution in [2.75, 3.05) is 0 Å². The Morgan fingerprint density at radius 1 is 1.08 bits per heavy atom. The summed E-state index contributed by atoms with van der Waals surface area (Å²) >= 11 is 0. The van der Waals surface area contributed by atoms with Crippen molar-refractivity contribution in [3.8, 4) is 12.3 Å². The van der Waals surface area contributed by atoms with Crippen molar-refractivity contribution in [2.45, 2.75) is 83.5 Å². The number of terminal acetylenes is 1. The van der Waals surface area contributed by atoms with E-state index in [9.17, 15) is 10.2 Å². The molecule has 0 saturated heterocycles. The Bertz CT molecular complexity index is 599. The molecule has 3 nitrogen and oxygen atoms in total. The summed E-state index contributed by atoms with van der Waals surface area (Å²) in [5, 5.41) is 21.5. The second-order valence-electron chi connectivity index (χ2n) is 10.3. The first-order valence-corrected chi connectivity index (χ1v) is 10.3. The molecule has 0 spiro atoms. The van der Waals surface area contributed by atoms with Crippen LogP contribution >= 0.6 is 0 Å². The third-order valence-corrected chi connectivity index (χ3v) is 9.54. The highest BCUT2D eigenvalue weighted by Gasteiger charge is 2.67. The lowest BCUT2D eigenvalue weighted by Gasteiger charge is -2.62. The number of nitrogens with two attached hydrogens (primary N) is 1. The van der Waals surface area contributed by atoms with Gasteiger partial charge in [0.2, 0.25) is 0 Å². The van der Waals surface area contributed by atoms with Gasteiger partial charge >= 0.3 is 0 Å². The Hall–Kier alpha value is -0.560. The van der Waals surface area contributed by atoms with Crippen LogP contribution in [0.4, 0.5) is 0 Å². The molecule has 4 saturated carbocycles. The van der Waals surface area contributed by atoms with Crippen LogP contribution in [0.15, 0.2) is 0 Å². The largest absolute Gasteiger partial charge is 0.393 e. The van der Waals surface area contributed by atoms with E-state index in [1.54, 1.807) is 0 Å². The van der Waals surface area contributed by atoms with Crippen LogP contribution in [-0.2, 0) is 0 Å². The van der Waals surface area contributed by atoms with Gasteiger partial charge in [-0.25, -0.2) is 0 Å². The first-order chi connectivity index (χ1) is 11.7. The molecule has 0 bridgehead atoms. The van der Waals surface area contributed by atoms with Gasteiger partial charge in [-0.05, 0) is 80.0 Å². The molecule has 3 heteroatoms. The molecule has 0 aromatic heterocycles. The van der Waals surface area contributed by atoms with Crippen molar-refractivity contribution in [2.24, 2.45) is 46.2 Å². The number of hydrogen-bond donors (Lipinski definition) is 3. The van der Waals surface area contributed by atoms with Crippen molar-refractivity contribution < 1.29 is 10.2 Å². The van der Waals surface area contributed by atoms with Crippen molar-refractivity contribution in [3.05, 3.63) is 0 Å². The maximum atomic E-state index is 11.3. The standard InChI is InChI=1S/C22H35NO2/c1-5-22(25)13(2)10-17-19-16(7-9-21(17,22)4)20(3)8-6-15(24)11-14(20)12-18(19)23/h1,13-19,24-25H,6-12,23H2,2-4H3. The Balaban J connectivity index is 1.72. The molecule has 140 valence electrons. The van der Waals surface area contributed by atoms with E-state index in [0.29, 0.717) is 29.1 Å². The highest BCUT2D eigenvalue weighted by atomic mass is 16.3. The van der Waals surface area contributed by atoms with Crippen LogP contribution in [0.2, 0.25) is 0 Å². The van der Waals surface area contributed by atoms with Gasteiger partial charge in [0.25, 0.3) is 0 Å². The third kappa shape index (κ3) is 2.11. The van der Waals surface area contributed by atoms with E-state index >= 15 is 0 Å². The van der Waals surface area contributed by atoms with Crippen LogP contribution in [0, 0.1) is 52.8 Å². The molecular weight excluding hydrogens is 310 g/mol. The van der Waals surface area contributed by atoms with E-state index in [1.807, 2.05) is 0 Å². The summed E-state index contributed by atoms with van der Waals surface area (Å²) in [5.41, 5.74) is 5.86. The number of aliphatic hydroxyl groups is 2. The van der Waals surface area contributed by atoms with Crippen LogP contribution < -0.4 is 5.73 Å². The molecule has 0 aromatic rings. The molecule has 4 N–H and O–H groups in total. The Labute approximate surface area is 152 Å². The first kappa shape index (κ1) is 17.8. The fourth-order valence-corrected chi connectivity index (χ4v) is 7.95. The van der Waals surface area contributed by atoms with Crippen LogP contribution in [0.25, 0.3) is 0 Å². The fourth-order valence-electron chi connectivity index (χ4n) is 7.95. The molecule has 4 rings (SSSR count). The summed E-state index contributed by atoms with van der Waals surface area (Å²) in [6.07, 6.45) is 12.8. The Morgan fingerprint density at radius 3 is 2.48 bits per heavy atom. The Kier molecular flexibility index (Phi) is 3.90. The van der Waals surface area contributed by atoms with Crippen LogP contribution in [0.5, 0.6) is 0 Å². The molecule has 0 amide bonds. The van der Waals surface area contributed by atoms with Gasteiger partial charge in [0.15, 0.2) is 0 Å². The quantitative estimate of drug-likeness (QED) is 0.591. The van der Waals surface area contributed by atoms with Gasteiger partial charge in [-0.3, -0.25) is 0 Å². The van der Waals surface area contributed by atoms with Gasteiger partial charge in [-0.15, -0.1) is 6.42 Å². The maximum absolute atomic E-state index is 11.3. The summed E-state index contributed by atoms with van der Waals surface area (Å²) in [6, 6.07) is 0.172. The van der Waals surface area contributed by atoms with E-state index in [-0.39, 0.29) is 23.5 Å². The molecule has 4 fully saturated rings. The zero-order valence-electron chi connectivity index (χ0n) is 16.0. The summed E-state index contributed by atoms with van der Waals surface area (Å²) < 4.78 is 0.